The Morgan fingerprint density at radius 1 is 1.24 bits per heavy atom. The number of nitrogens with zero attached hydrogens (tertiary/aromatic N) is 1. The third-order valence-electron chi connectivity index (χ3n) is 3.86. The summed E-state index contributed by atoms with van der Waals surface area (Å²) in [6.45, 7) is 7.32. The van der Waals surface area contributed by atoms with Gasteiger partial charge in [0.1, 0.15) is 0 Å². The molecule has 1 saturated heterocycles. The number of carboxylic acid groups (broad SMARTS) is 1. The van der Waals surface area contributed by atoms with Gasteiger partial charge in [-0.3, -0.25) is 4.79 Å². The standard InChI is InChI=1S/C15H29N3O3/c1-3-5-13(11-14(19)20)17-15(21)16-12-6-9-18(8-4-2)10-7-12/h12-13H,3-11H2,1-2H3,(H,19,20)(H2,16,17,21). The van der Waals surface area contributed by atoms with Crippen molar-refractivity contribution in [2.45, 2.75) is 64.5 Å². The molecule has 1 unspecified atom stereocenters. The van der Waals surface area contributed by atoms with Gasteiger partial charge in [-0.1, -0.05) is 20.3 Å². The molecule has 21 heavy (non-hydrogen) atoms. The highest BCUT2D eigenvalue weighted by molar-refractivity contribution is 5.76. The van der Waals surface area contributed by atoms with Crippen molar-refractivity contribution >= 4 is 12.0 Å². The summed E-state index contributed by atoms with van der Waals surface area (Å²) >= 11 is 0. The molecule has 1 aliphatic heterocycles. The van der Waals surface area contributed by atoms with Gasteiger partial charge in [-0.15, -0.1) is 0 Å². The number of amides is 2. The summed E-state index contributed by atoms with van der Waals surface area (Å²) in [5.74, 6) is -0.873. The topological polar surface area (TPSA) is 81.7 Å². The predicted octanol–water partition coefficient (Wildman–Crippen LogP) is 1.80. The average molecular weight is 299 g/mol. The highest BCUT2D eigenvalue weighted by atomic mass is 16.4. The Labute approximate surface area is 127 Å². The van der Waals surface area contributed by atoms with Gasteiger partial charge in [-0.2, -0.15) is 0 Å². The second-order valence-corrected chi connectivity index (χ2v) is 5.82. The number of piperidine rings is 1. The van der Waals surface area contributed by atoms with Gasteiger partial charge in [0.25, 0.3) is 0 Å². The fraction of sp³-hybridized carbons (Fsp3) is 0.867. The van der Waals surface area contributed by atoms with Gasteiger partial charge >= 0.3 is 12.0 Å². The van der Waals surface area contributed by atoms with Crippen molar-refractivity contribution in [3.8, 4) is 0 Å². The minimum absolute atomic E-state index is 0.0177. The molecule has 2 amide bonds. The van der Waals surface area contributed by atoms with Crippen LogP contribution in [0.1, 0.15) is 52.4 Å². The van der Waals surface area contributed by atoms with Gasteiger partial charge in [0, 0.05) is 25.2 Å². The third kappa shape index (κ3) is 7.32. The summed E-state index contributed by atoms with van der Waals surface area (Å²) in [5, 5.41) is 14.6. The summed E-state index contributed by atoms with van der Waals surface area (Å²) < 4.78 is 0. The fourth-order valence-corrected chi connectivity index (χ4v) is 2.81. The van der Waals surface area contributed by atoms with E-state index in [2.05, 4.69) is 22.5 Å². The lowest BCUT2D eigenvalue weighted by molar-refractivity contribution is -0.137. The Morgan fingerprint density at radius 3 is 2.43 bits per heavy atom. The lowest BCUT2D eigenvalue weighted by atomic mass is 10.0. The van der Waals surface area contributed by atoms with Crippen LogP contribution in [0, 0.1) is 0 Å². The first-order chi connectivity index (χ1) is 10.0. The van der Waals surface area contributed by atoms with Crippen LogP contribution in [0.2, 0.25) is 0 Å². The van der Waals surface area contributed by atoms with Crippen LogP contribution in [0.15, 0.2) is 0 Å². The second-order valence-electron chi connectivity index (χ2n) is 5.82. The van der Waals surface area contributed by atoms with Gasteiger partial charge in [0.15, 0.2) is 0 Å². The first-order valence-corrected chi connectivity index (χ1v) is 8.06. The Morgan fingerprint density at radius 2 is 1.90 bits per heavy atom. The number of carbonyl (C=O) groups excluding carboxylic acids is 1. The molecule has 0 aromatic heterocycles. The van der Waals surface area contributed by atoms with Crippen molar-refractivity contribution in [2.24, 2.45) is 0 Å². The van der Waals surface area contributed by atoms with E-state index in [4.69, 9.17) is 5.11 Å². The third-order valence-corrected chi connectivity index (χ3v) is 3.86. The Kier molecular flexibility index (Phi) is 8.12. The molecule has 0 aliphatic carbocycles. The van der Waals surface area contributed by atoms with E-state index < -0.39 is 5.97 Å². The molecule has 1 rings (SSSR count). The summed E-state index contributed by atoms with van der Waals surface area (Å²) in [4.78, 5) is 25.1. The quantitative estimate of drug-likeness (QED) is 0.638. The van der Waals surface area contributed by atoms with Crippen molar-refractivity contribution in [2.75, 3.05) is 19.6 Å². The normalized spacial score (nSPS) is 18.2. The number of hydrogen-bond acceptors (Lipinski definition) is 3. The van der Waals surface area contributed by atoms with Crippen LogP contribution in [0.25, 0.3) is 0 Å². The van der Waals surface area contributed by atoms with Crippen LogP contribution in [-0.2, 0) is 4.79 Å². The molecular weight excluding hydrogens is 270 g/mol. The van der Waals surface area contributed by atoms with E-state index in [1.807, 2.05) is 6.92 Å². The maximum atomic E-state index is 12.0. The molecule has 1 heterocycles. The largest absolute Gasteiger partial charge is 0.481 e. The van der Waals surface area contributed by atoms with Crippen LogP contribution >= 0.6 is 0 Å². The molecule has 122 valence electrons. The fourth-order valence-electron chi connectivity index (χ4n) is 2.81. The zero-order chi connectivity index (χ0) is 15.7. The van der Waals surface area contributed by atoms with Crippen molar-refractivity contribution in [1.82, 2.24) is 15.5 Å². The first-order valence-electron chi connectivity index (χ1n) is 8.06. The van der Waals surface area contributed by atoms with Crippen LogP contribution in [0.5, 0.6) is 0 Å². The van der Waals surface area contributed by atoms with E-state index in [-0.39, 0.29) is 24.5 Å². The number of carbonyl (C=O) groups is 2. The lowest BCUT2D eigenvalue weighted by Gasteiger charge is -2.32. The lowest BCUT2D eigenvalue weighted by Crippen LogP contribution is -2.50. The molecule has 0 spiro atoms. The van der Waals surface area contributed by atoms with E-state index in [9.17, 15) is 9.59 Å². The number of aliphatic carboxylic acids is 1. The van der Waals surface area contributed by atoms with Crippen LogP contribution < -0.4 is 10.6 Å². The van der Waals surface area contributed by atoms with Gasteiger partial charge in [0.2, 0.25) is 0 Å². The molecule has 3 N–H and O–H groups in total. The highest BCUT2D eigenvalue weighted by Gasteiger charge is 2.21. The molecule has 1 fully saturated rings. The number of rotatable bonds is 8. The van der Waals surface area contributed by atoms with Crippen molar-refractivity contribution in [3.05, 3.63) is 0 Å². The summed E-state index contributed by atoms with van der Waals surface area (Å²) in [6, 6.07) is -0.318. The van der Waals surface area contributed by atoms with Crippen molar-refractivity contribution < 1.29 is 14.7 Å². The van der Waals surface area contributed by atoms with Gasteiger partial charge in [0.05, 0.1) is 6.42 Å². The minimum atomic E-state index is -0.873. The van der Waals surface area contributed by atoms with Crippen molar-refractivity contribution in [1.29, 1.82) is 0 Å². The molecule has 0 saturated carbocycles. The highest BCUT2D eigenvalue weighted by Crippen LogP contribution is 2.10. The molecule has 6 nitrogen and oxygen atoms in total. The number of nitrogens with one attached hydrogen (secondary N) is 2. The van der Waals surface area contributed by atoms with Crippen LogP contribution in [-0.4, -0.2) is 53.7 Å². The van der Waals surface area contributed by atoms with Crippen LogP contribution in [0.4, 0.5) is 4.79 Å². The zero-order valence-corrected chi connectivity index (χ0v) is 13.2. The smallest absolute Gasteiger partial charge is 0.315 e. The SMILES string of the molecule is CCCC(CC(=O)O)NC(=O)NC1CCN(CCC)CC1. The van der Waals surface area contributed by atoms with E-state index >= 15 is 0 Å². The molecule has 1 aliphatic rings. The Bertz CT molecular complexity index is 328. The number of urea groups is 1. The molecule has 0 radical (unpaired) electrons. The molecular formula is C15H29N3O3. The van der Waals surface area contributed by atoms with Crippen molar-refractivity contribution in [3.63, 3.8) is 0 Å². The minimum Gasteiger partial charge on any atom is -0.481 e. The van der Waals surface area contributed by atoms with Gasteiger partial charge < -0.3 is 20.6 Å². The maximum Gasteiger partial charge on any atom is 0.315 e. The van der Waals surface area contributed by atoms with Crippen LogP contribution in [0.3, 0.4) is 0 Å². The Balaban J connectivity index is 2.30. The van der Waals surface area contributed by atoms with Gasteiger partial charge in [-0.25, -0.2) is 4.79 Å². The summed E-state index contributed by atoms with van der Waals surface area (Å²) in [5.41, 5.74) is 0. The molecule has 0 aromatic rings. The van der Waals surface area contributed by atoms with E-state index in [0.717, 1.165) is 45.3 Å². The Hall–Kier alpha value is -1.30. The average Bonchev–Trinajstić information content (AvgIpc) is 2.40. The molecule has 0 aromatic carbocycles. The number of likely N-dealkylation sites (tertiary alicyclic amines) is 1. The first kappa shape index (κ1) is 17.8. The molecule has 0 bridgehead atoms. The zero-order valence-electron chi connectivity index (χ0n) is 13.2. The van der Waals surface area contributed by atoms with E-state index in [1.165, 1.54) is 0 Å². The van der Waals surface area contributed by atoms with E-state index in [0.29, 0.717) is 6.42 Å². The second kappa shape index (κ2) is 9.60. The maximum absolute atomic E-state index is 12.0. The van der Waals surface area contributed by atoms with E-state index in [1.54, 1.807) is 0 Å². The number of hydrogen-bond donors (Lipinski definition) is 3. The molecule has 1 atom stereocenters. The van der Waals surface area contributed by atoms with Gasteiger partial charge in [-0.05, 0) is 32.2 Å². The molecule has 6 heteroatoms. The summed E-state index contributed by atoms with van der Waals surface area (Å²) in [7, 11) is 0. The number of carboxylic acids is 1. The summed E-state index contributed by atoms with van der Waals surface area (Å²) in [6.07, 6.45) is 4.61. The predicted molar refractivity (Wildman–Crippen MR) is 82.4 cm³/mol. The monoisotopic (exact) mass is 299 g/mol.